The number of rotatable bonds is 0. The summed E-state index contributed by atoms with van der Waals surface area (Å²) in [6.45, 7) is 4.44. The molecule has 70 valence electrons. The predicted molar refractivity (Wildman–Crippen MR) is 53.4 cm³/mol. The Labute approximate surface area is 79.5 Å². The Kier molecular flexibility index (Phi) is 1.90. The summed E-state index contributed by atoms with van der Waals surface area (Å²) in [6.07, 6.45) is 9.26. The van der Waals surface area contributed by atoms with Crippen LogP contribution in [0, 0.1) is 11.3 Å². The van der Waals surface area contributed by atoms with Gasteiger partial charge in [-0.3, -0.25) is 4.79 Å². The van der Waals surface area contributed by atoms with Gasteiger partial charge in [0.15, 0.2) is 5.78 Å². The van der Waals surface area contributed by atoms with E-state index in [1.165, 1.54) is 12.0 Å². The van der Waals surface area contributed by atoms with Crippen molar-refractivity contribution in [2.24, 2.45) is 11.3 Å². The zero-order chi connectivity index (χ0) is 9.47. The molecule has 0 unspecified atom stereocenters. The van der Waals surface area contributed by atoms with E-state index in [1.54, 1.807) is 6.08 Å². The minimum absolute atomic E-state index is 0.257. The van der Waals surface area contributed by atoms with Gasteiger partial charge in [-0.05, 0) is 37.2 Å². The highest BCUT2D eigenvalue weighted by molar-refractivity contribution is 5.91. The van der Waals surface area contributed by atoms with E-state index in [0.29, 0.717) is 5.92 Å². The molecule has 0 radical (unpaired) electrons. The van der Waals surface area contributed by atoms with Crippen LogP contribution in [0.2, 0.25) is 0 Å². The van der Waals surface area contributed by atoms with E-state index < -0.39 is 0 Å². The average molecular weight is 176 g/mol. The van der Waals surface area contributed by atoms with Crippen LogP contribution in [0.4, 0.5) is 0 Å². The van der Waals surface area contributed by atoms with Crippen LogP contribution in [-0.2, 0) is 4.79 Å². The minimum Gasteiger partial charge on any atom is -0.295 e. The number of carbonyl (C=O) groups excluding carboxylic acids is 1. The molecule has 0 spiro atoms. The first kappa shape index (κ1) is 8.74. The Bertz CT molecular complexity index is 298. The van der Waals surface area contributed by atoms with E-state index in [2.05, 4.69) is 26.0 Å². The van der Waals surface area contributed by atoms with Crippen LogP contribution in [-0.4, -0.2) is 5.78 Å². The maximum absolute atomic E-state index is 11.3. The summed E-state index contributed by atoms with van der Waals surface area (Å²) in [7, 11) is 0. The summed E-state index contributed by atoms with van der Waals surface area (Å²) in [4.78, 5) is 11.3. The molecular weight excluding hydrogens is 160 g/mol. The van der Waals surface area contributed by atoms with Gasteiger partial charge < -0.3 is 0 Å². The molecule has 1 heteroatoms. The normalized spacial score (nSPS) is 38.5. The van der Waals surface area contributed by atoms with Crippen molar-refractivity contribution in [1.29, 1.82) is 0 Å². The van der Waals surface area contributed by atoms with E-state index in [0.717, 1.165) is 12.8 Å². The fraction of sp³-hybridized carbons (Fsp3) is 0.583. The molecule has 2 rings (SSSR count). The molecular formula is C12H16O. The second-order valence-corrected chi connectivity index (χ2v) is 4.55. The molecule has 0 saturated carbocycles. The van der Waals surface area contributed by atoms with Gasteiger partial charge in [0.2, 0.25) is 0 Å². The largest absolute Gasteiger partial charge is 0.295 e. The summed E-state index contributed by atoms with van der Waals surface area (Å²) >= 11 is 0. The van der Waals surface area contributed by atoms with Gasteiger partial charge in [0.1, 0.15) is 0 Å². The van der Waals surface area contributed by atoms with Crippen LogP contribution < -0.4 is 0 Å². The molecule has 0 amide bonds. The zero-order valence-electron chi connectivity index (χ0n) is 8.34. The summed E-state index contributed by atoms with van der Waals surface area (Å²) in [6, 6.07) is 0. The number of carbonyl (C=O) groups is 1. The lowest BCUT2D eigenvalue weighted by Gasteiger charge is -2.41. The molecule has 0 bridgehead atoms. The Morgan fingerprint density at radius 2 is 2.31 bits per heavy atom. The number of allylic oxidation sites excluding steroid dienone is 4. The number of hydrogen-bond acceptors (Lipinski definition) is 1. The SMILES string of the molecule is CC1=CCC[C@]2(C)C=CC(=O)C[C@@H]12. The third-order valence-corrected chi connectivity index (χ3v) is 3.55. The van der Waals surface area contributed by atoms with Gasteiger partial charge in [-0.1, -0.05) is 24.6 Å². The minimum atomic E-state index is 0.257. The van der Waals surface area contributed by atoms with Crippen LogP contribution in [0.25, 0.3) is 0 Å². The van der Waals surface area contributed by atoms with Crippen molar-refractivity contribution in [3.63, 3.8) is 0 Å². The first-order valence-corrected chi connectivity index (χ1v) is 5.00. The highest BCUT2D eigenvalue weighted by Gasteiger charge is 2.38. The van der Waals surface area contributed by atoms with E-state index in [4.69, 9.17) is 0 Å². The van der Waals surface area contributed by atoms with Crippen molar-refractivity contribution < 1.29 is 4.79 Å². The molecule has 0 aliphatic heterocycles. The molecule has 2 aliphatic rings. The fourth-order valence-corrected chi connectivity index (χ4v) is 2.59. The number of fused-ring (bicyclic) bond motifs is 1. The monoisotopic (exact) mass is 176 g/mol. The lowest BCUT2D eigenvalue weighted by Crippen LogP contribution is -2.33. The predicted octanol–water partition coefficient (Wildman–Crippen LogP) is 2.88. The van der Waals surface area contributed by atoms with Gasteiger partial charge in [0.25, 0.3) is 0 Å². The first-order chi connectivity index (χ1) is 6.12. The standard InChI is InChI=1S/C12H16O/c1-9-4-3-6-12(2)7-5-10(13)8-11(9)12/h4-5,7,11H,3,6,8H2,1-2H3/t11-,12+/m0/s1. The quantitative estimate of drug-likeness (QED) is 0.519. The number of hydrogen-bond donors (Lipinski definition) is 0. The molecule has 0 saturated heterocycles. The fourth-order valence-electron chi connectivity index (χ4n) is 2.59. The Balaban J connectivity index is 2.37. The van der Waals surface area contributed by atoms with Gasteiger partial charge in [-0.2, -0.15) is 0 Å². The van der Waals surface area contributed by atoms with E-state index >= 15 is 0 Å². The molecule has 13 heavy (non-hydrogen) atoms. The Morgan fingerprint density at radius 3 is 3.08 bits per heavy atom. The summed E-state index contributed by atoms with van der Waals surface area (Å²) in [5.74, 6) is 0.760. The van der Waals surface area contributed by atoms with Crippen molar-refractivity contribution in [2.75, 3.05) is 0 Å². The summed E-state index contributed by atoms with van der Waals surface area (Å²) in [5, 5.41) is 0. The Hall–Kier alpha value is -0.850. The van der Waals surface area contributed by atoms with Crippen LogP contribution in [0.1, 0.15) is 33.1 Å². The molecule has 2 atom stereocenters. The zero-order valence-corrected chi connectivity index (χ0v) is 8.34. The van der Waals surface area contributed by atoms with Crippen LogP contribution in [0.5, 0.6) is 0 Å². The van der Waals surface area contributed by atoms with E-state index in [1.807, 2.05) is 0 Å². The van der Waals surface area contributed by atoms with Crippen LogP contribution in [0.15, 0.2) is 23.8 Å². The van der Waals surface area contributed by atoms with Gasteiger partial charge in [0, 0.05) is 6.42 Å². The molecule has 0 heterocycles. The van der Waals surface area contributed by atoms with E-state index in [9.17, 15) is 4.79 Å². The second-order valence-electron chi connectivity index (χ2n) is 4.55. The maximum atomic E-state index is 11.3. The summed E-state index contributed by atoms with van der Waals surface area (Å²) in [5.41, 5.74) is 1.67. The lowest BCUT2D eigenvalue weighted by molar-refractivity contribution is -0.116. The average Bonchev–Trinajstić information content (AvgIpc) is 2.08. The van der Waals surface area contributed by atoms with Crippen molar-refractivity contribution in [3.05, 3.63) is 23.8 Å². The second kappa shape index (κ2) is 2.83. The van der Waals surface area contributed by atoms with Crippen LogP contribution >= 0.6 is 0 Å². The molecule has 1 nitrogen and oxygen atoms in total. The molecule has 0 fully saturated rings. The van der Waals surface area contributed by atoms with Gasteiger partial charge in [-0.15, -0.1) is 0 Å². The lowest BCUT2D eigenvalue weighted by atomic mass is 9.63. The Morgan fingerprint density at radius 1 is 1.54 bits per heavy atom. The molecule has 2 aliphatic carbocycles. The molecule has 0 aromatic carbocycles. The van der Waals surface area contributed by atoms with Crippen molar-refractivity contribution in [2.45, 2.75) is 33.1 Å². The van der Waals surface area contributed by atoms with Crippen LogP contribution in [0.3, 0.4) is 0 Å². The van der Waals surface area contributed by atoms with Crippen molar-refractivity contribution in [1.82, 2.24) is 0 Å². The molecule has 0 N–H and O–H groups in total. The third-order valence-electron chi connectivity index (χ3n) is 3.55. The number of ketones is 1. The van der Waals surface area contributed by atoms with Crippen molar-refractivity contribution in [3.8, 4) is 0 Å². The van der Waals surface area contributed by atoms with Gasteiger partial charge in [-0.25, -0.2) is 0 Å². The van der Waals surface area contributed by atoms with Gasteiger partial charge >= 0.3 is 0 Å². The highest BCUT2D eigenvalue weighted by atomic mass is 16.1. The maximum Gasteiger partial charge on any atom is 0.156 e. The smallest absolute Gasteiger partial charge is 0.156 e. The van der Waals surface area contributed by atoms with Gasteiger partial charge in [0.05, 0.1) is 0 Å². The molecule has 0 aromatic heterocycles. The topological polar surface area (TPSA) is 17.1 Å². The molecule has 0 aromatic rings. The summed E-state index contributed by atoms with van der Waals surface area (Å²) < 4.78 is 0. The highest BCUT2D eigenvalue weighted by Crippen LogP contribution is 2.46. The third kappa shape index (κ3) is 1.37. The van der Waals surface area contributed by atoms with E-state index in [-0.39, 0.29) is 11.2 Å². The first-order valence-electron chi connectivity index (χ1n) is 5.00. The van der Waals surface area contributed by atoms with Crippen molar-refractivity contribution >= 4 is 5.78 Å².